The van der Waals surface area contributed by atoms with Gasteiger partial charge < -0.3 is 19.2 Å². The Morgan fingerprint density at radius 3 is 2.77 bits per heavy atom. The van der Waals surface area contributed by atoms with Crippen LogP contribution >= 0.6 is 0 Å². The number of amides is 2. The summed E-state index contributed by atoms with van der Waals surface area (Å²) in [6, 6.07) is 7.29. The molecule has 5 aromatic rings. The van der Waals surface area contributed by atoms with E-state index in [4.69, 9.17) is 8.94 Å². The Labute approximate surface area is 221 Å². The van der Waals surface area contributed by atoms with Crippen molar-refractivity contribution in [2.24, 2.45) is 7.05 Å². The number of carbonyl (C=O) groups is 2. The summed E-state index contributed by atoms with van der Waals surface area (Å²) < 4.78 is 28.1. The molecule has 1 atom stereocenters. The SMILES string of the molecule is CNC(=O)C(c1cnn(C)c1F)N(Cc1ccnc(-n2cccn2)c1)C(=O)CCc1nc(-c2ccco2)no1. The molecule has 0 saturated heterocycles. The Morgan fingerprint density at radius 1 is 1.21 bits per heavy atom. The molecular formula is C25H24FN9O4. The van der Waals surface area contributed by atoms with Gasteiger partial charge >= 0.3 is 0 Å². The number of hydrogen-bond acceptors (Lipinski definition) is 9. The standard InChI is InChI=1S/C25H24FN9O4/c1-27-25(37)22(17-14-30-33(2)23(17)26)34(15-16-8-10-28-19(13-16)35-11-4-9-29-35)21(36)7-6-20-31-24(32-39-20)18-5-3-12-38-18/h3-5,8-14,22H,6-7,15H2,1-2H3,(H,27,37). The summed E-state index contributed by atoms with van der Waals surface area (Å²) in [5, 5.41) is 14.5. The van der Waals surface area contributed by atoms with E-state index in [1.807, 2.05) is 0 Å². The van der Waals surface area contributed by atoms with E-state index in [1.54, 1.807) is 53.6 Å². The first kappa shape index (κ1) is 25.5. The molecule has 0 saturated carbocycles. The number of carbonyl (C=O) groups excluding carboxylic acids is 2. The third-order valence-corrected chi connectivity index (χ3v) is 5.98. The van der Waals surface area contributed by atoms with Crippen molar-refractivity contribution in [3.63, 3.8) is 0 Å². The molecule has 0 radical (unpaired) electrons. The molecule has 0 fully saturated rings. The molecule has 5 heterocycles. The Balaban J connectivity index is 1.44. The molecule has 0 aliphatic heterocycles. The average molecular weight is 534 g/mol. The number of aromatic nitrogens is 7. The van der Waals surface area contributed by atoms with Crippen molar-refractivity contribution in [2.45, 2.75) is 25.4 Å². The van der Waals surface area contributed by atoms with Crippen molar-refractivity contribution in [2.75, 3.05) is 7.05 Å². The fourth-order valence-electron chi connectivity index (χ4n) is 4.04. The number of pyridine rings is 1. The monoisotopic (exact) mass is 533 g/mol. The van der Waals surface area contributed by atoms with Crippen LogP contribution in [0.15, 0.2) is 70.3 Å². The second kappa shape index (κ2) is 11.1. The second-order valence-corrected chi connectivity index (χ2v) is 8.51. The highest BCUT2D eigenvalue weighted by atomic mass is 19.1. The minimum Gasteiger partial charge on any atom is -0.461 e. The first-order chi connectivity index (χ1) is 18.9. The van der Waals surface area contributed by atoms with Gasteiger partial charge in [-0.05, 0) is 35.9 Å². The number of aryl methyl sites for hydroxylation is 2. The Hall–Kier alpha value is -5.14. The maximum Gasteiger partial charge on any atom is 0.247 e. The predicted octanol–water partition coefficient (Wildman–Crippen LogP) is 2.23. The molecule has 5 rings (SSSR count). The Morgan fingerprint density at radius 2 is 2.08 bits per heavy atom. The van der Waals surface area contributed by atoms with E-state index in [0.29, 0.717) is 17.1 Å². The summed E-state index contributed by atoms with van der Waals surface area (Å²) >= 11 is 0. The molecule has 0 aromatic carbocycles. The molecule has 13 nitrogen and oxygen atoms in total. The number of halogens is 1. The van der Waals surface area contributed by atoms with Crippen LogP contribution in [0.4, 0.5) is 4.39 Å². The molecule has 0 bridgehead atoms. The maximum atomic E-state index is 15.0. The van der Waals surface area contributed by atoms with Crippen molar-refractivity contribution in [3.05, 3.63) is 84.3 Å². The van der Waals surface area contributed by atoms with Crippen LogP contribution in [0.1, 0.15) is 29.5 Å². The van der Waals surface area contributed by atoms with Gasteiger partial charge in [0.05, 0.1) is 18.0 Å². The molecule has 39 heavy (non-hydrogen) atoms. The molecule has 5 aromatic heterocycles. The zero-order chi connectivity index (χ0) is 27.4. The predicted molar refractivity (Wildman–Crippen MR) is 132 cm³/mol. The van der Waals surface area contributed by atoms with Crippen molar-refractivity contribution in [1.82, 2.24) is 44.9 Å². The first-order valence-electron chi connectivity index (χ1n) is 11.9. The lowest BCUT2D eigenvalue weighted by atomic mass is 10.1. The summed E-state index contributed by atoms with van der Waals surface area (Å²) in [7, 11) is 2.83. The number of hydrogen-bond donors (Lipinski definition) is 1. The summed E-state index contributed by atoms with van der Waals surface area (Å²) in [4.78, 5) is 36.6. The Bertz CT molecular complexity index is 1560. The fraction of sp³-hybridized carbons (Fsp3) is 0.240. The van der Waals surface area contributed by atoms with E-state index in [1.165, 1.54) is 31.5 Å². The van der Waals surface area contributed by atoms with E-state index in [-0.39, 0.29) is 36.7 Å². The van der Waals surface area contributed by atoms with Gasteiger partial charge in [-0.1, -0.05) is 5.16 Å². The number of furan rings is 1. The van der Waals surface area contributed by atoms with Gasteiger partial charge in [-0.15, -0.1) is 0 Å². The molecule has 0 spiro atoms. The highest BCUT2D eigenvalue weighted by Crippen LogP contribution is 2.27. The van der Waals surface area contributed by atoms with Crippen LogP contribution in [-0.2, 0) is 29.6 Å². The quantitative estimate of drug-likeness (QED) is 0.285. The molecule has 14 heteroatoms. The highest BCUT2D eigenvalue weighted by molar-refractivity contribution is 5.88. The molecule has 1 unspecified atom stereocenters. The Kier molecular flexibility index (Phi) is 7.25. The smallest absolute Gasteiger partial charge is 0.247 e. The van der Waals surface area contributed by atoms with E-state index in [0.717, 1.165) is 4.68 Å². The minimum absolute atomic E-state index is 0.0243. The van der Waals surface area contributed by atoms with Crippen molar-refractivity contribution >= 4 is 11.8 Å². The largest absolute Gasteiger partial charge is 0.461 e. The van der Waals surface area contributed by atoms with Crippen molar-refractivity contribution in [1.29, 1.82) is 0 Å². The van der Waals surface area contributed by atoms with Gasteiger partial charge in [0, 0.05) is 52.1 Å². The van der Waals surface area contributed by atoms with E-state index in [2.05, 4.69) is 30.6 Å². The molecule has 1 N–H and O–H groups in total. The van der Waals surface area contributed by atoms with Crippen LogP contribution in [0.5, 0.6) is 0 Å². The van der Waals surface area contributed by atoms with Crippen LogP contribution < -0.4 is 5.32 Å². The summed E-state index contributed by atoms with van der Waals surface area (Å²) in [6.07, 6.45) is 7.65. The van der Waals surface area contributed by atoms with Gasteiger partial charge in [0.1, 0.15) is 6.04 Å². The summed E-state index contributed by atoms with van der Waals surface area (Å²) in [5.41, 5.74) is 0.615. The van der Waals surface area contributed by atoms with Crippen molar-refractivity contribution in [3.8, 4) is 17.4 Å². The summed E-state index contributed by atoms with van der Waals surface area (Å²) in [5.74, 6) is -0.336. The fourth-order valence-corrected chi connectivity index (χ4v) is 4.04. The number of likely N-dealkylation sites (N-methyl/N-ethyl adjacent to an activating group) is 1. The number of nitrogens with one attached hydrogen (secondary N) is 1. The zero-order valence-electron chi connectivity index (χ0n) is 21.1. The molecule has 0 aliphatic carbocycles. The maximum absolute atomic E-state index is 15.0. The van der Waals surface area contributed by atoms with Crippen LogP contribution in [0.3, 0.4) is 0 Å². The van der Waals surface area contributed by atoms with Crippen LogP contribution in [-0.4, -0.2) is 58.4 Å². The topological polar surface area (TPSA) is 150 Å². The molecular weight excluding hydrogens is 509 g/mol. The number of rotatable bonds is 10. The lowest BCUT2D eigenvalue weighted by molar-refractivity contribution is -0.141. The highest BCUT2D eigenvalue weighted by Gasteiger charge is 2.34. The lowest BCUT2D eigenvalue weighted by Gasteiger charge is -2.30. The van der Waals surface area contributed by atoms with E-state index < -0.39 is 23.8 Å². The summed E-state index contributed by atoms with van der Waals surface area (Å²) in [6.45, 7) is -0.0243. The van der Waals surface area contributed by atoms with Crippen LogP contribution in [0.25, 0.3) is 17.4 Å². The van der Waals surface area contributed by atoms with Gasteiger partial charge in [-0.3, -0.25) is 9.59 Å². The van der Waals surface area contributed by atoms with E-state index >= 15 is 4.39 Å². The van der Waals surface area contributed by atoms with Gasteiger partial charge in [-0.2, -0.15) is 19.6 Å². The third-order valence-electron chi connectivity index (χ3n) is 5.98. The van der Waals surface area contributed by atoms with E-state index in [9.17, 15) is 9.59 Å². The average Bonchev–Trinajstić information content (AvgIpc) is 3.77. The third kappa shape index (κ3) is 5.44. The van der Waals surface area contributed by atoms with Gasteiger partial charge in [0.2, 0.25) is 29.5 Å². The molecule has 0 aliphatic rings. The minimum atomic E-state index is -1.29. The zero-order valence-corrected chi connectivity index (χ0v) is 21.1. The van der Waals surface area contributed by atoms with Crippen LogP contribution in [0.2, 0.25) is 0 Å². The number of nitrogens with zero attached hydrogens (tertiary/aromatic N) is 8. The van der Waals surface area contributed by atoms with Gasteiger partial charge in [-0.25, -0.2) is 14.3 Å². The molecule has 200 valence electrons. The van der Waals surface area contributed by atoms with Gasteiger partial charge in [0.15, 0.2) is 11.6 Å². The second-order valence-electron chi connectivity index (χ2n) is 8.51. The lowest BCUT2D eigenvalue weighted by Crippen LogP contribution is -2.43. The normalized spacial score (nSPS) is 11.9. The van der Waals surface area contributed by atoms with Crippen molar-refractivity contribution < 1.29 is 22.9 Å². The van der Waals surface area contributed by atoms with Gasteiger partial charge in [0.25, 0.3) is 0 Å². The molecule has 2 amide bonds. The first-order valence-corrected chi connectivity index (χ1v) is 11.9. The van der Waals surface area contributed by atoms with Crippen LogP contribution in [0, 0.1) is 5.95 Å².